The number of anilines is 1. The van der Waals surface area contributed by atoms with Crippen molar-refractivity contribution in [2.75, 3.05) is 11.9 Å². The molecule has 0 aromatic heterocycles. The van der Waals surface area contributed by atoms with Crippen molar-refractivity contribution < 1.29 is 13.5 Å². The van der Waals surface area contributed by atoms with E-state index < -0.39 is 0 Å². The maximum absolute atomic E-state index is 13.7. The second-order valence-corrected chi connectivity index (χ2v) is 4.17. The summed E-state index contributed by atoms with van der Waals surface area (Å²) in [6.45, 7) is 0.319. The highest BCUT2D eigenvalue weighted by Crippen LogP contribution is 2.34. The van der Waals surface area contributed by atoms with Gasteiger partial charge < -0.3 is 10.1 Å². The summed E-state index contributed by atoms with van der Waals surface area (Å²) >= 11 is 0. The molecule has 0 saturated heterocycles. The van der Waals surface area contributed by atoms with Crippen molar-refractivity contribution in [3.05, 3.63) is 59.7 Å². The van der Waals surface area contributed by atoms with Crippen LogP contribution in [0.25, 0.3) is 0 Å². The van der Waals surface area contributed by atoms with E-state index in [4.69, 9.17) is 4.74 Å². The monoisotopic (exact) mass is 247 g/mol. The lowest BCUT2D eigenvalue weighted by Gasteiger charge is -2.28. The Morgan fingerprint density at radius 3 is 2.78 bits per heavy atom. The van der Waals surface area contributed by atoms with Crippen LogP contribution in [0.3, 0.4) is 0 Å². The van der Waals surface area contributed by atoms with Gasteiger partial charge in [0.15, 0.2) is 0 Å². The molecule has 0 amide bonds. The Morgan fingerprint density at radius 1 is 1.11 bits per heavy atom. The molecule has 18 heavy (non-hydrogen) atoms. The summed E-state index contributed by atoms with van der Waals surface area (Å²) in [6, 6.07) is 10.4. The van der Waals surface area contributed by atoms with Crippen LogP contribution in [0.4, 0.5) is 14.5 Å². The molecule has 0 saturated carbocycles. The maximum Gasteiger partial charge on any atom is 0.142 e. The summed E-state index contributed by atoms with van der Waals surface area (Å²) in [6.07, 6.45) is 0. The number of nitrogens with one attached hydrogen (secondary N) is 1. The molecule has 0 aliphatic carbocycles. The number of hydrogen-bond donors (Lipinski definition) is 1. The van der Waals surface area contributed by atoms with Gasteiger partial charge in [-0.05, 0) is 18.2 Å². The van der Waals surface area contributed by atoms with E-state index in [1.807, 2.05) is 0 Å². The lowest BCUT2D eigenvalue weighted by molar-refractivity contribution is 0.283. The van der Waals surface area contributed by atoms with Gasteiger partial charge in [0, 0.05) is 11.6 Å². The second kappa shape index (κ2) is 4.29. The zero-order valence-electron chi connectivity index (χ0n) is 9.49. The fraction of sp³-hybridized carbons (Fsp3) is 0.143. The van der Waals surface area contributed by atoms with Gasteiger partial charge in [-0.3, -0.25) is 0 Å². The lowest BCUT2D eigenvalue weighted by atomic mass is 10.1. The van der Waals surface area contributed by atoms with E-state index in [2.05, 4.69) is 5.32 Å². The molecule has 2 aromatic rings. The molecule has 0 fully saturated rings. The maximum atomic E-state index is 13.7. The predicted octanol–water partition coefficient (Wildman–Crippen LogP) is 3.51. The van der Waals surface area contributed by atoms with Crippen molar-refractivity contribution in [2.24, 2.45) is 0 Å². The quantitative estimate of drug-likeness (QED) is 0.832. The highest BCUT2D eigenvalue weighted by molar-refractivity contribution is 5.59. The van der Waals surface area contributed by atoms with Gasteiger partial charge in [-0.1, -0.05) is 18.2 Å². The standard InChI is InChI=1S/C14H11F2NO/c15-9-5-6-14-12(7-9)17-13(8-18-14)10-3-1-2-4-11(10)16/h1-7,13,17H,8H2. The van der Waals surface area contributed by atoms with Gasteiger partial charge in [0.2, 0.25) is 0 Å². The van der Waals surface area contributed by atoms with Crippen molar-refractivity contribution in [1.29, 1.82) is 0 Å². The first-order chi connectivity index (χ1) is 8.74. The van der Waals surface area contributed by atoms with Crippen molar-refractivity contribution in [3.63, 3.8) is 0 Å². The van der Waals surface area contributed by atoms with E-state index in [1.54, 1.807) is 24.3 Å². The molecule has 3 rings (SSSR count). The fourth-order valence-corrected chi connectivity index (χ4v) is 2.07. The molecule has 0 bridgehead atoms. The molecule has 0 radical (unpaired) electrons. The van der Waals surface area contributed by atoms with E-state index >= 15 is 0 Å². The fourth-order valence-electron chi connectivity index (χ4n) is 2.07. The Bertz CT molecular complexity index is 586. The topological polar surface area (TPSA) is 21.3 Å². The number of halogens is 2. The third-order valence-corrected chi connectivity index (χ3v) is 2.96. The molecule has 1 unspecified atom stereocenters. The minimum atomic E-state index is -0.348. The minimum absolute atomic E-state index is 0.293. The Kier molecular flexibility index (Phi) is 2.63. The van der Waals surface area contributed by atoms with E-state index in [0.29, 0.717) is 23.6 Å². The number of fused-ring (bicyclic) bond motifs is 1. The SMILES string of the molecule is Fc1ccc2c(c1)NC(c1ccccc1F)CO2. The number of ether oxygens (including phenoxy) is 1. The van der Waals surface area contributed by atoms with Crippen LogP contribution in [0.2, 0.25) is 0 Å². The largest absolute Gasteiger partial charge is 0.489 e. The average molecular weight is 247 g/mol. The molecule has 92 valence electrons. The summed E-state index contributed by atoms with van der Waals surface area (Å²) in [5.41, 5.74) is 1.07. The van der Waals surface area contributed by atoms with Crippen LogP contribution in [0.15, 0.2) is 42.5 Å². The van der Waals surface area contributed by atoms with Crippen LogP contribution >= 0.6 is 0 Å². The summed E-state index contributed by atoms with van der Waals surface area (Å²) in [4.78, 5) is 0. The van der Waals surface area contributed by atoms with E-state index in [0.717, 1.165) is 0 Å². The molecular weight excluding hydrogens is 236 g/mol. The Balaban J connectivity index is 1.93. The van der Waals surface area contributed by atoms with Gasteiger partial charge in [0.25, 0.3) is 0 Å². The lowest BCUT2D eigenvalue weighted by Crippen LogP contribution is -2.24. The van der Waals surface area contributed by atoms with Crippen LogP contribution in [0.5, 0.6) is 5.75 Å². The Hall–Kier alpha value is -2.10. The van der Waals surface area contributed by atoms with Gasteiger partial charge in [0.1, 0.15) is 24.0 Å². The van der Waals surface area contributed by atoms with Crippen LogP contribution in [0, 0.1) is 11.6 Å². The van der Waals surface area contributed by atoms with Crippen molar-refractivity contribution in [1.82, 2.24) is 0 Å². The number of hydrogen-bond acceptors (Lipinski definition) is 2. The predicted molar refractivity (Wildman–Crippen MR) is 64.7 cm³/mol. The second-order valence-electron chi connectivity index (χ2n) is 4.17. The minimum Gasteiger partial charge on any atom is -0.489 e. The zero-order chi connectivity index (χ0) is 12.5. The molecule has 1 N–H and O–H groups in total. The van der Waals surface area contributed by atoms with Crippen LogP contribution < -0.4 is 10.1 Å². The smallest absolute Gasteiger partial charge is 0.142 e. The Morgan fingerprint density at radius 2 is 1.94 bits per heavy atom. The van der Waals surface area contributed by atoms with Crippen molar-refractivity contribution in [2.45, 2.75) is 6.04 Å². The molecule has 1 aliphatic rings. The van der Waals surface area contributed by atoms with E-state index in [9.17, 15) is 8.78 Å². The first kappa shape index (κ1) is 11.0. The summed E-state index contributed by atoms with van der Waals surface area (Å²) in [5.74, 6) is -0.0542. The highest BCUT2D eigenvalue weighted by atomic mass is 19.1. The van der Waals surface area contributed by atoms with Gasteiger partial charge in [0.05, 0.1) is 11.7 Å². The molecule has 1 atom stereocenters. The van der Waals surface area contributed by atoms with Crippen LogP contribution in [-0.4, -0.2) is 6.61 Å². The van der Waals surface area contributed by atoms with E-state index in [1.165, 1.54) is 18.2 Å². The highest BCUT2D eigenvalue weighted by Gasteiger charge is 2.22. The van der Waals surface area contributed by atoms with Crippen LogP contribution in [-0.2, 0) is 0 Å². The third-order valence-electron chi connectivity index (χ3n) is 2.96. The average Bonchev–Trinajstić information content (AvgIpc) is 2.38. The molecule has 4 heteroatoms. The van der Waals surface area contributed by atoms with Gasteiger partial charge in [-0.15, -0.1) is 0 Å². The molecule has 2 nitrogen and oxygen atoms in total. The van der Waals surface area contributed by atoms with Crippen LogP contribution in [0.1, 0.15) is 11.6 Å². The first-order valence-corrected chi connectivity index (χ1v) is 5.67. The van der Waals surface area contributed by atoms with Crippen molar-refractivity contribution >= 4 is 5.69 Å². The van der Waals surface area contributed by atoms with Gasteiger partial charge in [-0.25, -0.2) is 8.78 Å². The zero-order valence-corrected chi connectivity index (χ0v) is 9.49. The molecule has 1 heterocycles. The third kappa shape index (κ3) is 1.90. The summed E-state index contributed by atoms with van der Waals surface area (Å²) in [7, 11) is 0. The first-order valence-electron chi connectivity index (χ1n) is 5.67. The molecule has 1 aliphatic heterocycles. The normalized spacial score (nSPS) is 17.6. The number of benzene rings is 2. The molecule has 2 aromatic carbocycles. The van der Waals surface area contributed by atoms with Gasteiger partial charge >= 0.3 is 0 Å². The van der Waals surface area contributed by atoms with E-state index in [-0.39, 0.29) is 17.7 Å². The summed E-state index contributed by atoms with van der Waals surface area (Å²) < 4.78 is 32.3. The summed E-state index contributed by atoms with van der Waals surface area (Å²) in [5, 5.41) is 3.09. The van der Waals surface area contributed by atoms with Gasteiger partial charge in [-0.2, -0.15) is 0 Å². The molecular formula is C14H11F2NO. The Labute approximate surface area is 103 Å². The van der Waals surface area contributed by atoms with Crippen molar-refractivity contribution in [3.8, 4) is 5.75 Å². The number of rotatable bonds is 1. The molecule has 0 spiro atoms.